The zero-order chi connectivity index (χ0) is 15.2. The van der Waals surface area contributed by atoms with Crippen LogP contribution in [0.25, 0.3) is 0 Å². The molecule has 1 rings (SSSR count). The highest BCUT2D eigenvalue weighted by atomic mass is 79.9. The summed E-state index contributed by atoms with van der Waals surface area (Å²) in [6.45, 7) is 10.0. The fourth-order valence-electron chi connectivity index (χ4n) is 2.52. The van der Waals surface area contributed by atoms with Gasteiger partial charge in [-0.2, -0.15) is 0 Å². The van der Waals surface area contributed by atoms with Crippen molar-refractivity contribution in [1.29, 1.82) is 0 Å². The van der Waals surface area contributed by atoms with Crippen molar-refractivity contribution in [2.75, 3.05) is 13.7 Å². The van der Waals surface area contributed by atoms with Gasteiger partial charge in [-0.25, -0.2) is 0 Å². The number of nitrogens with one attached hydrogen (secondary N) is 1. The zero-order valence-corrected chi connectivity index (χ0v) is 15.0. The molecule has 0 heterocycles. The fraction of sp³-hybridized carbons (Fsp3) is 0.647. The van der Waals surface area contributed by atoms with E-state index < -0.39 is 0 Å². The van der Waals surface area contributed by atoms with Gasteiger partial charge in [-0.15, -0.1) is 0 Å². The molecule has 1 N–H and O–H groups in total. The van der Waals surface area contributed by atoms with Gasteiger partial charge >= 0.3 is 0 Å². The molecule has 0 fully saturated rings. The topological polar surface area (TPSA) is 21.3 Å². The largest absolute Gasteiger partial charge is 0.496 e. The second-order valence-corrected chi connectivity index (χ2v) is 6.79. The first-order valence-corrected chi connectivity index (χ1v) is 8.31. The number of halogens is 1. The van der Waals surface area contributed by atoms with Gasteiger partial charge in [0.25, 0.3) is 0 Å². The van der Waals surface area contributed by atoms with Crippen molar-refractivity contribution >= 4 is 15.9 Å². The van der Waals surface area contributed by atoms with Crippen LogP contribution in [0, 0.1) is 5.41 Å². The van der Waals surface area contributed by atoms with Gasteiger partial charge in [0.1, 0.15) is 5.75 Å². The van der Waals surface area contributed by atoms with Gasteiger partial charge in [0, 0.05) is 17.1 Å². The van der Waals surface area contributed by atoms with Crippen LogP contribution in [0.3, 0.4) is 0 Å². The number of ether oxygens (including phenoxy) is 1. The van der Waals surface area contributed by atoms with Crippen molar-refractivity contribution in [3.05, 3.63) is 28.2 Å². The Morgan fingerprint density at radius 3 is 2.40 bits per heavy atom. The normalized spacial score (nSPS) is 11.9. The van der Waals surface area contributed by atoms with Crippen LogP contribution < -0.4 is 10.1 Å². The first kappa shape index (κ1) is 17.5. The number of benzene rings is 1. The quantitative estimate of drug-likeness (QED) is 0.732. The smallest absolute Gasteiger partial charge is 0.122 e. The molecule has 0 radical (unpaired) electrons. The van der Waals surface area contributed by atoms with Gasteiger partial charge in [-0.1, -0.05) is 43.6 Å². The molecule has 114 valence electrons. The van der Waals surface area contributed by atoms with Crippen molar-refractivity contribution in [3.63, 3.8) is 0 Å². The lowest BCUT2D eigenvalue weighted by atomic mass is 9.76. The molecule has 0 atom stereocenters. The van der Waals surface area contributed by atoms with E-state index in [9.17, 15) is 0 Å². The minimum absolute atomic E-state index is 0.290. The van der Waals surface area contributed by atoms with Crippen LogP contribution in [0.4, 0.5) is 0 Å². The predicted octanol–water partition coefficient (Wildman–Crippen LogP) is 4.80. The Labute approximate surface area is 132 Å². The summed E-state index contributed by atoms with van der Waals surface area (Å²) >= 11 is 3.57. The minimum atomic E-state index is 0.290. The van der Waals surface area contributed by atoms with E-state index in [1.165, 1.54) is 18.4 Å². The lowest BCUT2D eigenvalue weighted by molar-refractivity contribution is 0.236. The van der Waals surface area contributed by atoms with Gasteiger partial charge in [0.15, 0.2) is 0 Å². The Morgan fingerprint density at radius 1 is 1.25 bits per heavy atom. The molecular formula is C17H28BrNO. The molecule has 0 spiro atoms. The molecule has 1 aromatic rings. The summed E-state index contributed by atoms with van der Waals surface area (Å²) in [7, 11) is 1.75. The van der Waals surface area contributed by atoms with Gasteiger partial charge in [0.05, 0.1) is 7.11 Å². The van der Waals surface area contributed by atoms with Crippen molar-refractivity contribution in [2.45, 2.75) is 53.0 Å². The van der Waals surface area contributed by atoms with Crippen LogP contribution in [-0.4, -0.2) is 19.7 Å². The summed E-state index contributed by atoms with van der Waals surface area (Å²) in [6, 6.07) is 6.80. The zero-order valence-electron chi connectivity index (χ0n) is 13.4. The van der Waals surface area contributed by atoms with E-state index >= 15 is 0 Å². The van der Waals surface area contributed by atoms with Crippen molar-refractivity contribution in [3.8, 4) is 5.75 Å². The standard InChI is InChI=1S/C17H28BrNO/c1-6-17(7-2,12-19-13(3)4)11-14-10-15(18)8-9-16(14)20-5/h8-10,13,19H,6-7,11-12H2,1-5H3. The molecule has 0 unspecified atom stereocenters. The van der Waals surface area contributed by atoms with E-state index in [4.69, 9.17) is 4.74 Å². The third-order valence-corrected chi connectivity index (χ3v) is 4.69. The molecule has 0 bridgehead atoms. The van der Waals surface area contributed by atoms with Crippen LogP contribution in [0.2, 0.25) is 0 Å². The maximum atomic E-state index is 5.52. The molecular weight excluding hydrogens is 314 g/mol. The second kappa shape index (κ2) is 8.04. The Bertz CT molecular complexity index is 413. The van der Waals surface area contributed by atoms with Crippen LogP contribution in [0.15, 0.2) is 22.7 Å². The van der Waals surface area contributed by atoms with Crippen molar-refractivity contribution in [1.82, 2.24) is 5.32 Å². The molecule has 0 aliphatic carbocycles. The average molecular weight is 342 g/mol. The van der Waals surface area contributed by atoms with Gasteiger partial charge in [-0.3, -0.25) is 0 Å². The van der Waals surface area contributed by atoms with Crippen LogP contribution in [-0.2, 0) is 6.42 Å². The number of hydrogen-bond donors (Lipinski definition) is 1. The summed E-state index contributed by atoms with van der Waals surface area (Å²) in [6.07, 6.45) is 3.38. The number of hydrogen-bond acceptors (Lipinski definition) is 2. The first-order chi connectivity index (χ1) is 9.46. The highest BCUT2D eigenvalue weighted by Crippen LogP contribution is 2.35. The molecule has 1 aromatic carbocycles. The SMILES string of the molecule is CCC(CC)(CNC(C)C)Cc1cc(Br)ccc1OC. The van der Waals surface area contributed by atoms with E-state index in [2.05, 4.69) is 55.0 Å². The third kappa shape index (κ3) is 4.78. The summed E-state index contributed by atoms with van der Waals surface area (Å²) in [4.78, 5) is 0. The van der Waals surface area contributed by atoms with Gasteiger partial charge < -0.3 is 10.1 Å². The van der Waals surface area contributed by atoms with Crippen molar-refractivity contribution in [2.24, 2.45) is 5.41 Å². The van der Waals surface area contributed by atoms with Crippen LogP contribution >= 0.6 is 15.9 Å². The monoisotopic (exact) mass is 341 g/mol. The molecule has 0 saturated carbocycles. The van der Waals surface area contributed by atoms with Crippen LogP contribution in [0.1, 0.15) is 46.1 Å². The minimum Gasteiger partial charge on any atom is -0.496 e. The number of rotatable bonds is 8. The Morgan fingerprint density at radius 2 is 1.90 bits per heavy atom. The summed E-state index contributed by atoms with van der Waals surface area (Å²) < 4.78 is 6.64. The molecule has 0 amide bonds. The molecule has 0 aliphatic rings. The molecule has 0 aliphatic heterocycles. The summed E-state index contributed by atoms with van der Waals surface area (Å²) in [5.74, 6) is 0.990. The Kier molecular flexibility index (Phi) is 7.04. The average Bonchev–Trinajstić information content (AvgIpc) is 2.43. The summed E-state index contributed by atoms with van der Waals surface area (Å²) in [5, 5.41) is 3.61. The van der Waals surface area contributed by atoms with E-state index in [1.54, 1.807) is 7.11 Å². The van der Waals surface area contributed by atoms with Gasteiger partial charge in [-0.05, 0) is 48.4 Å². The number of methoxy groups -OCH3 is 1. The molecule has 0 aromatic heterocycles. The van der Waals surface area contributed by atoms with E-state index in [0.717, 1.165) is 23.2 Å². The van der Waals surface area contributed by atoms with Gasteiger partial charge in [0.2, 0.25) is 0 Å². The lowest BCUT2D eigenvalue weighted by Crippen LogP contribution is -2.38. The Balaban J connectivity index is 2.97. The first-order valence-electron chi connectivity index (χ1n) is 7.52. The highest BCUT2D eigenvalue weighted by Gasteiger charge is 2.27. The lowest BCUT2D eigenvalue weighted by Gasteiger charge is -2.33. The third-order valence-electron chi connectivity index (χ3n) is 4.19. The fourth-order valence-corrected chi connectivity index (χ4v) is 2.93. The van der Waals surface area contributed by atoms with E-state index in [0.29, 0.717) is 11.5 Å². The maximum Gasteiger partial charge on any atom is 0.122 e. The Hall–Kier alpha value is -0.540. The maximum absolute atomic E-state index is 5.52. The van der Waals surface area contributed by atoms with E-state index in [1.807, 2.05) is 12.1 Å². The summed E-state index contributed by atoms with van der Waals surface area (Å²) in [5.41, 5.74) is 1.58. The van der Waals surface area contributed by atoms with Crippen LogP contribution in [0.5, 0.6) is 5.75 Å². The van der Waals surface area contributed by atoms with Crippen molar-refractivity contribution < 1.29 is 4.74 Å². The highest BCUT2D eigenvalue weighted by molar-refractivity contribution is 9.10. The van der Waals surface area contributed by atoms with E-state index in [-0.39, 0.29) is 0 Å². The molecule has 3 heteroatoms. The second-order valence-electron chi connectivity index (χ2n) is 5.88. The molecule has 20 heavy (non-hydrogen) atoms. The molecule has 2 nitrogen and oxygen atoms in total. The predicted molar refractivity (Wildman–Crippen MR) is 90.6 cm³/mol. The molecule has 0 saturated heterocycles.